The Morgan fingerprint density at radius 1 is 0.370 bits per heavy atom. The van der Waals surface area contributed by atoms with E-state index in [-0.39, 0.29) is 0 Å². The molecule has 0 aliphatic carbocycles. The van der Waals surface area contributed by atoms with E-state index in [2.05, 4.69) is 154 Å². The molecule has 9 rings (SSSR count). The van der Waals surface area contributed by atoms with Crippen molar-refractivity contribution in [2.75, 3.05) is 0 Å². The van der Waals surface area contributed by atoms with Gasteiger partial charge in [0.2, 0.25) is 0 Å². The molecule has 0 amide bonds. The van der Waals surface area contributed by atoms with E-state index in [0.717, 1.165) is 22.3 Å². The van der Waals surface area contributed by atoms with Crippen molar-refractivity contribution in [2.24, 2.45) is 0 Å². The number of para-hydroxylation sites is 1. The topological polar surface area (TPSA) is 13.1 Å². The van der Waals surface area contributed by atoms with Gasteiger partial charge in [-0.15, -0.1) is 0 Å². The molecule has 8 aromatic carbocycles. The van der Waals surface area contributed by atoms with Crippen molar-refractivity contribution in [2.45, 2.75) is 20.8 Å². The van der Waals surface area contributed by atoms with E-state index < -0.39 is 0 Å². The molecule has 0 unspecified atom stereocenters. The first-order valence-electron chi connectivity index (χ1n) is 16.0. The minimum absolute atomic E-state index is 0.894. The smallest absolute Gasteiger partial charge is 0.136 e. The lowest BCUT2D eigenvalue weighted by molar-refractivity contribution is 0.632. The van der Waals surface area contributed by atoms with Crippen molar-refractivity contribution >= 4 is 43.3 Å². The minimum atomic E-state index is 0.894. The van der Waals surface area contributed by atoms with Crippen LogP contribution in [0.5, 0.6) is 0 Å². The Labute approximate surface area is 268 Å². The highest BCUT2D eigenvalue weighted by atomic mass is 16.3. The third kappa shape index (κ3) is 4.16. The third-order valence-corrected chi connectivity index (χ3v) is 9.68. The molecule has 0 fully saturated rings. The predicted molar refractivity (Wildman–Crippen MR) is 196 cm³/mol. The van der Waals surface area contributed by atoms with Crippen LogP contribution in [-0.2, 0) is 0 Å². The van der Waals surface area contributed by atoms with E-state index in [0.29, 0.717) is 0 Å². The summed E-state index contributed by atoms with van der Waals surface area (Å²) >= 11 is 0. The molecule has 1 heterocycles. The molecule has 0 spiro atoms. The maximum atomic E-state index is 6.56. The fraction of sp³-hybridized carbons (Fsp3) is 0.0667. The summed E-state index contributed by atoms with van der Waals surface area (Å²) in [6.45, 7) is 6.45. The molecule has 1 aromatic heterocycles. The van der Waals surface area contributed by atoms with Crippen molar-refractivity contribution in [1.82, 2.24) is 0 Å². The molecule has 0 aliphatic rings. The van der Waals surface area contributed by atoms with Crippen LogP contribution in [0.4, 0.5) is 0 Å². The van der Waals surface area contributed by atoms with Gasteiger partial charge in [0.25, 0.3) is 0 Å². The molecule has 0 N–H and O–H groups in total. The summed E-state index contributed by atoms with van der Waals surface area (Å²) in [5.74, 6) is 0.894. The van der Waals surface area contributed by atoms with Gasteiger partial charge in [0.15, 0.2) is 0 Å². The number of rotatable bonds is 4. The van der Waals surface area contributed by atoms with Crippen LogP contribution in [0.25, 0.3) is 88.0 Å². The molecular formula is C45H32O. The second-order valence-electron chi connectivity index (χ2n) is 12.8. The van der Waals surface area contributed by atoms with Crippen LogP contribution in [-0.4, -0.2) is 0 Å². The molecule has 0 bridgehead atoms. The summed E-state index contributed by atoms with van der Waals surface area (Å²) in [5.41, 5.74) is 13.2. The second kappa shape index (κ2) is 10.2. The standard InChI is InChI=1S/C45H32O/c1-27-8-14-30(15-9-27)38-25-39(31-16-10-28(2)11-17-31)35-22-23-37-41(43-24-33-6-4-5-7-42(33)46-43)26-40(32-18-12-29(3)13-19-32)36-21-20-34(38)44(35)45(36)37/h4-26H,1-3H3. The Bertz CT molecular complexity index is 2460. The van der Waals surface area contributed by atoms with Crippen LogP contribution in [0.15, 0.2) is 144 Å². The van der Waals surface area contributed by atoms with Gasteiger partial charge in [-0.2, -0.15) is 0 Å². The molecule has 0 saturated carbocycles. The van der Waals surface area contributed by atoms with Crippen LogP contribution >= 0.6 is 0 Å². The molecule has 0 saturated heterocycles. The molecule has 0 aliphatic heterocycles. The fourth-order valence-electron chi connectivity index (χ4n) is 7.23. The lowest BCUT2D eigenvalue weighted by Gasteiger charge is -2.21. The summed E-state index contributed by atoms with van der Waals surface area (Å²) in [6, 6.07) is 51.4. The van der Waals surface area contributed by atoms with Gasteiger partial charge in [-0.25, -0.2) is 0 Å². The van der Waals surface area contributed by atoms with Gasteiger partial charge in [0.1, 0.15) is 11.3 Å². The molecule has 1 heteroatoms. The summed E-state index contributed by atoms with van der Waals surface area (Å²) < 4.78 is 6.56. The summed E-state index contributed by atoms with van der Waals surface area (Å²) in [4.78, 5) is 0. The van der Waals surface area contributed by atoms with Crippen molar-refractivity contribution < 1.29 is 4.42 Å². The van der Waals surface area contributed by atoms with E-state index >= 15 is 0 Å². The van der Waals surface area contributed by atoms with Crippen molar-refractivity contribution in [3.63, 3.8) is 0 Å². The lowest BCUT2D eigenvalue weighted by Crippen LogP contribution is -1.94. The maximum Gasteiger partial charge on any atom is 0.136 e. The monoisotopic (exact) mass is 588 g/mol. The summed E-state index contributed by atoms with van der Waals surface area (Å²) in [5, 5.41) is 8.70. The first-order valence-corrected chi connectivity index (χ1v) is 16.0. The highest BCUT2D eigenvalue weighted by Gasteiger charge is 2.22. The van der Waals surface area contributed by atoms with Crippen molar-refractivity contribution in [1.29, 1.82) is 0 Å². The first kappa shape index (κ1) is 26.7. The van der Waals surface area contributed by atoms with Gasteiger partial charge in [-0.1, -0.05) is 132 Å². The second-order valence-corrected chi connectivity index (χ2v) is 12.8. The van der Waals surface area contributed by atoms with Gasteiger partial charge in [-0.05, 0) is 111 Å². The zero-order chi connectivity index (χ0) is 30.9. The summed E-state index contributed by atoms with van der Waals surface area (Å²) in [6.07, 6.45) is 0. The Hall–Kier alpha value is -5.66. The Kier molecular flexibility index (Phi) is 5.92. The first-order chi connectivity index (χ1) is 22.5. The number of aryl methyl sites for hydroxylation is 3. The Morgan fingerprint density at radius 2 is 0.761 bits per heavy atom. The SMILES string of the molecule is Cc1ccc(-c2cc(-c3ccc(C)cc3)c3ccc4c(-c5cc6ccccc6o5)cc(-c5ccc(C)cc5)c5ccc2c3c54)cc1. The van der Waals surface area contributed by atoms with Gasteiger partial charge >= 0.3 is 0 Å². The predicted octanol–water partition coefficient (Wildman–Crippen LogP) is 12.9. The van der Waals surface area contributed by atoms with E-state index in [4.69, 9.17) is 4.42 Å². The number of fused-ring (bicyclic) bond motifs is 1. The van der Waals surface area contributed by atoms with E-state index in [1.54, 1.807) is 0 Å². The van der Waals surface area contributed by atoms with Gasteiger partial charge in [-0.3, -0.25) is 0 Å². The van der Waals surface area contributed by atoms with Crippen molar-refractivity contribution in [3.8, 4) is 44.7 Å². The molecule has 1 nitrogen and oxygen atoms in total. The quantitative estimate of drug-likeness (QED) is 0.186. The molecule has 0 atom stereocenters. The average Bonchev–Trinajstić information content (AvgIpc) is 3.52. The van der Waals surface area contributed by atoms with E-state index in [1.807, 2.05) is 6.07 Å². The minimum Gasteiger partial charge on any atom is -0.456 e. The molecule has 0 radical (unpaired) electrons. The van der Waals surface area contributed by atoms with Crippen LogP contribution in [0.3, 0.4) is 0 Å². The van der Waals surface area contributed by atoms with Crippen LogP contribution < -0.4 is 0 Å². The Morgan fingerprint density at radius 3 is 1.20 bits per heavy atom. The normalized spacial score (nSPS) is 11.8. The third-order valence-electron chi connectivity index (χ3n) is 9.68. The van der Waals surface area contributed by atoms with Gasteiger partial charge in [0, 0.05) is 10.9 Å². The van der Waals surface area contributed by atoms with E-state index in [9.17, 15) is 0 Å². The zero-order valence-electron chi connectivity index (χ0n) is 26.2. The summed E-state index contributed by atoms with van der Waals surface area (Å²) in [7, 11) is 0. The molecular weight excluding hydrogens is 556 g/mol. The number of hydrogen-bond acceptors (Lipinski definition) is 1. The molecule has 9 aromatic rings. The largest absolute Gasteiger partial charge is 0.456 e. The maximum absolute atomic E-state index is 6.56. The highest BCUT2D eigenvalue weighted by molar-refractivity contribution is 6.31. The highest BCUT2D eigenvalue weighted by Crippen LogP contribution is 2.49. The van der Waals surface area contributed by atoms with Crippen LogP contribution in [0.2, 0.25) is 0 Å². The number of furan rings is 1. The van der Waals surface area contributed by atoms with Gasteiger partial charge in [0.05, 0.1) is 0 Å². The zero-order valence-corrected chi connectivity index (χ0v) is 26.2. The average molecular weight is 589 g/mol. The van der Waals surface area contributed by atoms with Crippen LogP contribution in [0.1, 0.15) is 16.7 Å². The molecule has 46 heavy (non-hydrogen) atoms. The molecule has 218 valence electrons. The van der Waals surface area contributed by atoms with Crippen LogP contribution in [0, 0.1) is 20.8 Å². The lowest BCUT2D eigenvalue weighted by atomic mass is 9.82. The van der Waals surface area contributed by atoms with E-state index in [1.165, 1.54) is 82.4 Å². The van der Waals surface area contributed by atoms with Crippen molar-refractivity contribution in [3.05, 3.63) is 156 Å². The van der Waals surface area contributed by atoms with Gasteiger partial charge < -0.3 is 4.42 Å². The number of hydrogen-bond donors (Lipinski definition) is 0. The fourth-order valence-corrected chi connectivity index (χ4v) is 7.23. The number of benzene rings is 8. The Balaban J connectivity index is 1.46.